The Morgan fingerprint density at radius 1 is 1.30 bits per heavy atom. The number of hydrogen-bond donors (Lipinski definition) is 0. The van der Waals surface area contributed by atoms with Crippen LogP contribution in [0.2, 0.25) is 0 Å². The predicted octanol–water partition coefficient (Wildman–Crippen LogP) is 4.56. The van der Waals surface area contributed by atoms with Crippen LogP contribution in [0.25, 0.3) is 0 Å². The Kier molecular flexibility index (Phi) is 4.35. The van der Waals surface area contributed by atoms with Crippen molar-refractivity contribution in [2.75, 3.05) is 0 Å². The predicted molar refractivity (Wildman–Crippen MR) is 76.5 cm³/mol. The van der Waals surface area contributed by atoms with Gasteiger partial charge in [-0.05, 0) is 25.0 Å². The number of hydrogen-bond acceptors (Lipinski definition) is 2. The van der Waals surface area contributed by atoms with Crippen LogP contribution in [-0.4, -0.2) is 4.92 Å². The van der Waals surface area contributed by atoms with E-state index in [4.69, 9.17) is 11.6 Å². The monoisotopic (exact) mass is 293 g/mol. The highest BCUT2D eigenvalue weighted by molar-refractivity contribution is 6.21. The first-order valence-corrected chi connectivity index (χ1v) is 6.55. The molecule has 0 amide bonds. The molecule has 3 nitrogen and oxygen atoms in total. The van der Waals surface area contributed by atoms with Gasteiger partial charge in [-0.25, -0.2) is 4.39 Å². The second-order valence-electron chi connectivity index (χ2n) is 4.58. The molecule has 0 spiro atoms. The molecule has 0 radical (unpaired) electrons. The standard InChI is InChI=1S/C15H13ClFNO2/c1-10-6-7-12(14(17)8-10)13(16)9-11-4-2-3-5-15(11)18(19)20/h2-8,13H,9H2,1H3. The largest absolute Gasteiger partial charge is 0.272 e. The zero-order chi connectivity index (χ0) is 14.7. The summed E-state index contributed by atoms with van der Waals surface area (Å²) in [5, 5.41) is 10.3. The summed E-state index contributed by atoms with van der Waals surface area (Å²) in [4.78, 5) is 10.5. The van der Waals surface area contributed by atoms with Gasteiger partial charge in [0.15, 0.2) is 0 Å². The Morgan fingerprint density at radius 3 is 2.65 bits per heavy atom. The van der Waals surface area contributed by atoms with Gasteiger partial charge in [0.25, 0.3) is 5.69 Å². The number of rotatable bonds is 4. The molecule has 2 aromatic carbocycles. The van der Waals surface area contributed by atoms with Crippen LogP contribution in [0.15, 0.2) is 42.5 Å². The van der Waals surface area contributed by atoms with Crippen molar-refractivity contribution in [2.24, 2.45) is 0 Å². The smallest absolute Gasteiger partial charge is 0.258 e. The van der Waals surface area contributed by atoms with Gasteiger partial charge in [0.05, 0.1) is 10.3 Å². The Morgan fingerprint density at radius 2 is 2.00 bits per heavy atom. The zero-order valence-electron chi connectivity index (χ0n) is 10.8. The molecule has 0 fully saturated rings. The molecule has 0 aliphatic carbocycles. The van der Waals surface area contributed by atoms with Crippen molar-refractivity contribution >= 4 is 17.3 Å². The summed E-state index contributed by atoms with van der Waals surface area (Å²) >= 11 is 6.21. The fourth-order valence-corrected chi connectivity index (χ4v) is 2.39. The van der Waals surface area contributed by atoms with Crippen molar-refractivity contribution in [3.63, 3.8) is 0 Å². The molecule has 104 valence electrons. The van der Waals surface area contributed by atoms with Gasteiger partial charge in [-0.3, -0.25) is 10.1 Å². The lowest BCUT2D eigenvalue weighted by Crippen LogP contribution is -2.02. The number of aryl methyl sites for hydroxylation is 1. The van der Waals surface area contributed by atoms with E-state index in [0.29, 0.717) is 11.1 Å². The van der Waals surface area contributed by atoms with E-state index in [-0.39, 0.29) is 17.9 Å². The molecule has 0 heterocycles. The Bertz CT molecular complexity index is 646. The van der Waals surface area contributed by atoms with Gasteiger partial charge in [0, 0.05) is 17.2 Å². The molecule has 20 heavy (non-hydrogen) atoms. The molecule has 2 rings (SSSR count). The molecule has 0 aliphatic heterocycles. The van der Waals surface area contributed by atoms with Gasteiger partial charge in [0.1, 0.15) is 5.82 Å². The number of nitro groups is 1. The van der Waals surface area contributed by atoms with Crippen molar-refractivity contribution in [3.05, 3.63) is 75.1 Å². The lowest BCUT2D eigenvalue weighted by molar-refractivity contribution is -0.385. The number of alkyl halides is 1. The highest BCUT2D eigenvalue weighted by atomic mass is 35.5. The molecule has 0 aromatic heterocycles. The zero-order valence-corrected chi connectivity index (χ0v) is 11.6. The Balaban J connectivity index is 2.28. The van der Waals surface area contributed by atoms with Crippen LogP contribution in [0.3, 0.4) is 0 Å². The lowest BCUT2D eigenvalue weighted by atomic mass is 10.0. The van der Waals surface area contributed by atoms with Crippen LogP contribution in [-0.2, 0) is 6.42 Å². The van der Waals surface area contributed by atoms with Crippen LogP contribution in [0.4, 0.5) is 10.1 Å². The summed E-state index contributed by atoms with van der Waals surface area (Å²) in [6.07, 6.45) is 0.207. The number of nitro benzene ring substituents is 1. The van der Waals surface area contributed by atoms with Crippen molar-refractivity contribution in [2.45, 2.75) is 18.7 Å². The molecule has 0 saturated carbocycles. The summed E-state index contributed by atoms with van der Waals surface area (Å²) in [6.45, 7) is 1.79. The number of nitrogens with zero attached hydrogens (tertiary/aromatic N) is 1. The molecule has 0 saturated heterocycles. The van der Waals surface area contributed by atoms with Crippen molar-refractivity contribution in [1.29, 1.82) is 0 Å². The second-order valence-corrected chi connectivity index (χ2v) is 5.11. The van der Waals surface area contributed by atoms with Crippen LogP contribution in [0, 0.1) is 22.9 Å². The molecule has 0 aliphatic rings. The van der Waals surface area contributed by atoms with Gasteiger partial charge >= 0.3 is 0 Å². The minimum atomic E-state index is -0.642. The maximum atomic E-state index is 13.8. The number of halogens is 2. The van der Waals surface area contributed by atoms with Gasteiger partial charge in [-0.15, -0.1) is 11.6 Å². The first-order chi connectivity index (χ1) is 9.49. The van der Waals surface area contributed by atoms with E-state index in [9.17, 15) is 14.5 Å². The van der Waals surface area contributed by atoms with Crippen molar-refractivity contribution in [1.82, 2.24) is 0 Å². The number of para-hydroxylation sites is 1. The van der Waals surface area contributed by atoms with E-state index < -0.39 is 10.3 Å². The third kappa shape index (κ3) is 3.14. The van der Waals surface area contributed by atoms with Gasteiger partial charge < -0.3 is 0 Å². The average molecular weight is 294 g/mol. The highest BCUT2D eigenvalue weighted by Gasteiger charge is 2.19. The minimum Gasteiger partial charge on any atom is -0.258 e. The Hall–Kier alpha value is -1.94. The number of benzene rings is 2. The topological polar surface area (TPSA) is 43.1 Å². The molecular weight excluding hydrogens is 281 g/mol. The van der Waals surface area contributed by atoms with E-state index in [1.807, 2.05) is 0 Å². The summed E-state index contributed by atoms with van der Waals surface area (Å²) < 4.78 is 13.8. The molecular formula is C15H13ClFNO2. The maximum Gasteiger partial charge on any atom is 0.272 e. The summed E-state index contributed by atoms with van der Waals surface area (Å²) in [5.74, 6) is -0.386. The van der Waals surface area contributed by atoms with Crippen molar-refractivity contribution < 1.29 is 9.31 Å². The van der Waals surface area contributed by atoms with E-state index in [1.165, 1.54) is 12.1 Å². The van der Waals surface area contributed by atoms with Crippen LogP contribution < -0.4 is 0 Å². The highest BCUT2D eigenvalue weighted by Crippen LogP contribution is 2.30. The fraction of sp³-hybridized carbons (Fsp3) is 0.200. The molecule has 0 N–H and O–H groups in total. The molecule has 5 heteroatoms. The summed E-state index contributed by atoms with van der Waals surface area (Å²) in [6, 6.07) is 11.2. The van der Waals surface area contributed by atoms with Gasteiger partial charge in [-0.1, -0.05) is 30.3 Å². The summed E-state index contributed by atoms with van der Waals surface area (Å²) in [5.41, 5.74) is 1.67. The van der Waals surface area contributed by atoms with E-state index >= 15 is 0 Å². The Labute approximate surface area is 121 Å². The SMILES string of the molecule is Cc1ccc(C(Cl)Cc2ccccc2[N+](=O)[O-])c(F)c1. The first-order valence-electron chi connectivity index (χ1n) is 6.11. The van der Waals surface area contributed by atoms with E-state index in [0.717, 1.165) is 5.56 Å². The quantitative estimate of drug-likeness (QED) is 0.471. The van der Waals surface area contributed by atoms with Crippen LogP contribution in [0.5, 0.6) is 0 Å². The average Bonchev–Trinajstić information content (AvgIpc) is 2.38. The lowest BCUT2D eigenvalue weighted by Gasteiger charge is -2.11. The minimum absolute atomic E-state index is 0.00525. The van der Waals surface area contributed by atoms with Crippen molar-refractivity contribution in [3.8, 4) is 0 Å². The molecule has 2 aromatic rings. The van der Waals surface area contributed by atoms with E-state index in [1.54, 1.807) is 37.3 Å². The van der Waals surface area contributed by atoms with Crippen LogP contribution in [0.1, 0.15) is 22.1 Å². The molecule has 1 atom stereocenters. The third-order valence-corrected chi connectivity index (χ3v) is 3.47. The van der Waals surface area contributed by atoms with E-state index in [2.05, 4.69) is 0 Å². The molecule has 1 unspecified atom stereocenters. The van der Waals surface area contributed by atoms with Gasteiger partial charge in [-0.2, -0.15) is 0 Å². The second kappa shape index (κ2) is 6.01. The third-order valence-electron chi connectivity index (χ3n) is 3.08. The molecule has 0 bridgehead atoms. The summed E-state index contributed by atoms with van der Waals surface area (Å²) in [7, 11) is 0. The maximum absolute atomic E-state index is 13.8. The van der Waals surface area contributed by atoms with Gasteiger partial charge in [0.2, 0.25) is 0 Å². The first kappa shape index (κ1) is 14.5. The normalized spacial score (nSPS) is 12.2. The van der Waals surface area contributed by atoms with Crippen LogP contribution >= 0.6 is 11.6 Å². The fourth-order valence-electron chi connectivity index (χ4n) is 2.05.